The molecular formula is C32H38N2O4. The number of aliphatic hydroxyl groups excluding tert-OH is 1. The molecular weight excluding hydrogens is 476 g/mol. The van der Waals surface area contributed by atoms with Crippen molar-refractivity contribution in [1.82, 2.24) is 10.2 Å². The maximum Gasteiger partial charge on any atom is 0.217 e. The summed E-state index contributed by atoms with van der Waals surface area (Å²) in [5.41, 5.74) is 6.27. The molecule has 3 aromatic rings. The smallest absolute Gasteiger partial charge is 0.217 e. The summed E-state index contributed by atoms with van der Waals surface area (Å²) in [6.45, 7) is 5.25. The molecule has 6 heteroatoms. The fourth-order valence-corrected chi connectivity index (χ4v) is 5.46. The van der Waals surface area contributed by atoms with Crippen LogP contribution in [-0.2, 0) is 27.4 Å². The Morgan fingerprint density at radius 3 is 2.34 bits per heavy atom. The number of nitrogens with one attached hydrogen (secondary N) is 1. The molecule has 0 bridgehead atoms. The third-order valence-electron chi connectivity index (χ3n) is 7.56. The van der Waals surface area contributed by atoms with Crippen molar-refractivity contribution in [1.29, 1.82) is 0 Å². The number of amides is 1. The van der Waals surface area contributed by atoms with Crippen LogP contribution in [-0.4, -0.2) is 41.7 Å². The fourth-order valence-electron chi connectivity index (χ4n) is 5.46. The Labute approximate surface area is 225 Å². The highest BCUT2D eigenvalue weighted by molar-refractivity contribution is 5.74. The van der Waals surface area contributed by atoms with Crippen LogP contribution < -0.4 is 5.32 Å². The number of hydrogen-bond donors (Lipinski definition) is 2. The van der Waals surface area contributed by atoms with Crippen LogP contribution in [0.15, 0.2) is 72.8 Å². The Morgan fingerprint density at radius 1 is 0.921 bits per heavy atom. The summed E-state index contributed by atoms with van der Waals surface area (Å²) in [6.07, 6.45) is 4.17. The van der Waals surface area contributed by atoms with E-state index in [1.165, 1.54) is 26.2 Å². The number of benzene rings is 3. The van der Waals surface area contributed by atoms with Crippen molar-refractivity contribution in [3.8, 4) is 11.1 Å². The second kappa shape index (κ2) is 12.7. The van der Waals surface area contributed by atoms with E-state index in [4.69, 9.17) is 9.47 Å². The van der Waals surface area contributed by atoms with E-state index in [0.717, 1.165) is 59.4 Å². The molecule has 0 radical (unpaired) electrons. The number of carbonyl (C=O) groups excluding carboxylic acids is 1. The van der Waals surface area contributed by atoms with Crippen LogP contribution in [0.2, 0.25) is 0 Å². The SMILES string of the molecule is CC(=O)NCc1ccccc1-c1ccc(C2OC(CN3CCCCC3)CC(c3ccc(CO)cc3)O2)cc1. The number of nitrogens with zero attached hydrogens (tertiary/aromatic N) is 1. The van der Waals surface area contributed by atoms with Gasteiger partial charge >= 0.3 is 0 Å². The minimum Gasteiger partial charge on any atom is -0.392 e. The second-order valence-corrected chi connectivity index (χ2v) is 10.4. The molecule has 2 saturated heterocycles. The molecule has 3 atom stereocenters. The van der Waals surface area contributed by atoms with Crippen LogP contribution in [0.5, 0.6) is 0 Å². The van der Waals surface area contributed by atoms with Crippen LogP contribution in [0.3, 0.4) is 0 Å². The summed E-state index contributed by atoms with van der Waals surface area (Å²) in [6, 6.07) is 24.6. The highest BCUT2D eigenvalue weighted by atomic mass is 16.7. The first-order valence-electron chi connectivity index (χ1n) is 13.7. The lowest BCUT2D eigenvalue weighted by atomic mass is 9.97. The van der Waals surface area contributed by atoms with Crippen molar-refractivity contribution in [2.45, 2.75) is 64.3 Å². The topological polar surface area (TPSA) is 71.0 Å². The van der Waals surface area contributed by atoms with Gasteiger partial charge in [-0.3, -0.25) is 4.79 Å². The van der Waals surface area contributed by atoms with E-state index in [1.54, 1.807) is 0 Å². The van der Waals surface area contributed by atoms with Crippen molar-refractivity contribution in [2.75, 3.05) is 19.6 Å². The molecule has 5 rings (SSSR count). The Hall–Kier alpha value is -3.03. The molecule has 2 aliphatic heterocycles. The van der Waals surface area contributed by atoms with E-state index >= 15 is 0 Å². The monoisotopic (exact) mass is 514 g/mol. The van der Waals surface area contributed by atoms with Gasteiger partial charge in [0.15, 0.2) is 6.29 Å². The zero-order chi connectivity index (χ0) is 26.3. The largest absolute Gasteiger partial charge is 0.392 e. The van der Waals surface area contributed by atoms with Gasteiger partial charge in [-0.2, -0.15) is 0 Å². The van der Waals surface area contributed by atoms with Crippen LogP contribution in [0, 0.1) is 0 Å². The number of carbonyl (C=O) groups is 1. The average molecular weight is 515 g/mol. The van der Waals surface area contributed by atoms with Gasteiger partial charge in [0.2, 0.25) is 5.91 Å². The van der Waals surface area contributed by atoms with E-state index in [-0.39, 0.29) is 24.7 Å². The van der Waals surface area contributed by atoms with Crippen molar-refractivity contribution >= 4 is 5.91 Å². The minimum atomic E-state index is -0.454. The third-order valence-corrected chi connectivity index (χ3v) is 7.56. The van der Waals surface area contributed by atoms with Gasteiger partial charge in [0.1, 0.15) is 0 Å². The van der Waals surface area contributed by atoms with Gasteiger partial charge < -0.3 is 24.8 Å². The first-order valence-corrected chi connectivity index (χ1v) is 13.7. The minimum absolute atomic E-state index is 0.0371. The van der Waals surface area contributed by atoms with Crippen molar-refractivity contribution in [2.24, 2.45) is 0 Å². The van der Waals surface area contributed by atoms with Crippen LogP contribution in [0.25, 0.3) is 11.1 Å². The summed E-state index contributed by atoms with van der Waals surface area (Å²) in [7, 11) is 0. The molecule has 0 spiro atoms. The standard InChI is InChI=1S/C32H38N2O4/c1-23(36)33-20-28-7-3-4-8-30(28)25-13-15-27(16-14-25)32-37-29(21-34-17-5-2-6-18-34)19-31(38-32)26-11-9-24(22-35)10-12-26/h3-4,7-16,29,31-32,35H,2,5-6,17-22H2,1H3,(H,33,36). The maximum absolute atomic E-state index is 11.4. The van der Waals surface area contributed by atoms with E-state index in [2.05, 4.69) is 52.7 Å². The first-order chi connectivity index (χ1) is 18.6. The zero-order valence-corrected chi connectivity index (χ0v) is 22.1. The lowest BCUT2D eigenvalue weighted by Gasteiger charge is -2.39. The molecule has 2 aliphatic rings. The summed E-state index contributed by atoms with van der Waals surface area (Å²) in [5, 5.41) is 12.4. The number of likely N-dealkylation sites (tertiary alicyclic amines) is 1. The number of hydrogen-bond acceptors (Lipinski definition) is 5. The normalized spacial score (nSPS) is 22.2. The van der Waals surface area contributed by atoms with Gasteiger partial charge in [-0.25, -0.2) is 0 Å². The molecule has 3 aromatic carbocycles. The molecule has 6 nitrogen and oxygen atoms in total. The van der Waals surface area contributed by atoms with Gasteiger partial charge in [0.25, 0.3) is 0 Å². The summed E-state index contributed by atoms with van der Waals surface area (Å²) < 4.78 is 13.1. The van der Waals surface area contributed by atoms with Gasteiger partial charge in [-0.1, -0.05) is 79.2 Å². The molecule has 200 valence electrons. The Morgan fingerprint density at radius 2 is 1.63 bits per heavy atom. The molecule has 1 amide bonds. The van der Waals surface area contributed by atoms with Crippen LogP contribution in [0.1, 0.15) is 67.3 Å². The number of aliphatic hydroxyl groups is 1. The lowest BCUT2D eigenvalue weighted by molar-refractivity contribution is -0.253. The van der Waals surface area contributed by atoms with Gasteiger partial charge in [-0.15, -0.1) is 0 Å². The predicted molar refractivity (Wildman–Crippen MR) is 148 cm³/mol. The molecule has 2 heterocycles. The number of rotatable bonds is 8. The molecule has 2 N–H and O–H groups in total. The number of piperidine rings is 1. The highest BCUT2D eigenvalue weighted by Crippen LogP contribution is 2.39. The molecule has 0 aliphatic carbocycles. The van der Waals surface area contributed by atoms with Crippen molar-refractivity contribution in [3.63, 3.8) is 0 Å². The van der Waals surface area contributed by atoms with Gasteiger partial charge in [-0.05, 0) is 53.7 Å². The van der Waals surface area contributed by atoms with E-state index in [9.17, 15) is 9.90 Å². The number of ether oxygens (including phenoxy) is 2. The highest BCUT2D eigenvalue weighted by Gasteiger charge is 2.33. The van der Waals surface area contributed by atoms with Crippen LogP contribution in [0.4, 0.5) is 0 Å². The van der Waals surface area contributed by atoms with Crippen molar-refractivity contribution in [3.05, 3.63) is 95.1 Å². The van der Waals surface area contributed by atoms with Crippen LogP contribution >= 0.6 is 0 Å². The fraction of sp³-hybridized carbons (Fsp3) is 0.406. The van der Waals surface area contributed by atoms with E-state index < -0.39 is 6.29 Å². The maximum atomic E-state index is 11.4. The average Bonchev–Trinajstić information content (AvgIpc) is 2.97. The van der Waals surface area contributed by atoms with E-state index in [1.807, 2.05) is 30.3 Å². The lowest BCUT2D eigenvalue weighted by Crippen LogP contribution is -2.41. The third kappa shape index (κ3) is 6.69. The summed E-state index contributed by atoms with van der Waals surface area (Å²) in [4.78, 5) is 14.0. The van der Waals surface area contributed by atoms with Crippen molar-refractivity contribution < 1.29 is 19.4 Å². The Kier molecular flexibility index (Phi) is 8.86. The first kappa shape index (κ1) is 26.6. The molecule has 0 saturated carbocycles. The summed E-state index contributed by atoms with van der Waals surface area (Å²) in [5.74, 6) is -0.0404. The van der Waals surface area contributed by atoms with Gasteiger partial charge in [0, 0.05) is 32.0 Å². The quantitative estimate of drug-likeness (QED) is 0.415. The second-order valence-electron chi connectivity index (χ2n) is 10.4. The summed E-state index contributed by atoms with van der Waals surface area (Å²) >= 11 is 0. The molecule has 38 heavy (non-hydrogen) atoms. The molecule has 0 aromatic heterocycles. The van der Waals surface area contributed by atoms with E-state index in [0.29, 0.717) is 6.54 Å². The Bertz CT molecular complexity index is 1190. The predicted octanol–water partition coefficient (Wildman–Crippen LogP) is 5.51. The molecule has 2 fully saturated rings. The zero-order valence-electron chi connectivity index (χ0n) is 22.1. The Balaban J connectivity index is 1.36. The molecule has 3 unspecified atom stereocenters. The van der Waals surface area contributed by atoms with Gasteiger partial charge in [0.05, 0.1) is 18.8 Å².